The van der Waals surface area contributed by atoms with Gasteiger partial charge < -0.3 is 0 Å². The molecule has 2 bridgehead atoms. The molecule has 1 N–H and O–H groups in total. The Kier molecular flexibility index (Phi) is 3.01. The lowest BCUT2D eigenvalue weighted by Gasteiger charge is -2.31. The molecule has 2 fully saturated rings. The minimum Gasteiger partial charge on any atom is -0.292 e. The van der Waals surface area contributed by atoms with Crippen LogP contribution in [-0.4, -0.2) is 17.4 Å². The lowest BCUT2D eigenvalue weighted by atomic mass is 9.70. The second-order valence-corrected chi connectivity index (χ2v) is 6.78. The largest absolute Gasteiger partial charge is 0.292 e. The highest BCUT2D eigenvalue weighted by molar-refractivity contribution is 6.45. The normalized spacial score (nSPS) is 31.7. The Labute approximate surface area is 124 Å². The third kappa shape index (κ3) is 1.85. The van der Waals surface area contributed by atoms with E-state index in [0.717, 1.165) is 12.8 Å². The van der Waals surface area contributed by atoms with Crippen LogP contribution < -0.4 is 5.43 Å². The maximum absolute atomic E-state index is 12.6. The standard InChI is InChI=1S/C17H20N2O2/c1-16(2)12-9-10-17(16,3)14(20)13(12)18-19-15(21)11-7-5-4-6-8-11/h4-8,12H,9-10H2,1-3H3,(H,19,21). The van der Waals surface area contributed by atoms with E-state index < -0.39 is 0 Å². The number of carbonyl (C=O) groups is 2. The van der Waals surface area contributed by atoms with Crippen LogP contribution in [0.1, 0.15) is 44.0 Å². The Morgan fingerprint density at radius 2 is 1.90 bits per heavy atom. The van der Waals surface area contributed by atoms with E-state index in [9.17, 15) is 9.59 Å². The van der Waals surface area contributed by atoms with Crippen molar-refractivity contribution < 1.29 is 9.59 Å². The van der Waals surface area contributed by atoms with Crippen LogP contribution in [0.15, 0.2) is 35.4 Å². The minimum atomic E-state index is -0.339. The van der Waals surface area contributed by atoms with Gasteiger partial charge in [0.2, 0.25) is 0 Å². The van der Waals surface area contributed by atoms with Gasteiger partial charge in [0.05, 0.1) is 0 Å². The van der Waals surface area contributed by atoms with Crippen molar-refractivity contribution >= 4 is 17.4 Å². The van der Waals surface area contributed by atoms with Crippen LogP contribution in [0.5, 0.6) is 0 Å². The highest BCUT2D eigenvalue weighted by Crippen LogP contribution is 2.62. The molecule has 110 valence electrons. The molecule has 2 saturated carbocycles. The fraction of sp³-hybridized carbons (Fsp3) is 0.471. The van der Waals surface area contributed by atoms with Crippen LogP contribution in [0.2, 0.25) is 0 Å². The lowest BCUT2D eigenvalue weighted by molar-refractivity contribution is -0.123. The number of hydrogen-bond acceptors (Lipinski definition) is 3. The summed E-state index contributed by atoms with van der Waals surface area (Å²) in [6.07, 6.45) is 1.88. The fourth-order valence-electron chi connectivity index (χ4n) is 3.72. The van der Waals surface area contributed by atoms with Crippen LogP contribution in [0.3, 0.4) is 0 Å². The minimum absolute atomic E-state index is 0.0829. The van der Waals surface area contributed by atoms with Gasteiger partial charge >= 0.3 is 0 Å². The third-order valence-electron chi connectivity index (χ3n) is 5.60. The van der Waals surface area contributed by atoms with Crippen LogP contribution in [0, 0.1) is 16.7 Å². The van der Waals surface area contributed by atoms with E-state index in [1.54, 1.807) is 24.3 Å². The van der Waals surface area contributed by atoms with E-state index in [1.165, 1.54) is 0 Å². The average Bonchev–Trinajstić information content (AvgIpc) is 2.78. The second kappa shape index (κ2) is 4.52. The zero-order valence-electron chi connectivity index (χ0n) is 12.6. The van der Waals surface area contributed by atoms with E-state index in [2.05, 4.69) is 24.4 Å². The smallest absolute Gasteiger partial charge is 0.271 e. The van der Waals surface area contributed by atoms with Gasteiger partial charge in [0.25, 0.3) is 5.91 Å². The second-order valence-electron chi connectivity index (χ2n) is 6.78. The number of Topliss-reactive ketones (excluding diaryl/α,β-unsaturated/α-hetero) is 1. The first-order chi connectivity index (χ1) is 9.88. The van der Waals surface area contributed by atoms with E-state index in [1.807, 2.05) is 13.0 Å². The number of benzene rings is 1. The van der Waals surface area contributed by atoms with Gasteiger partial charge in [0, 0.05) is 16.9 Å². The molecule has 3 rings (SSSR count). The Balaban J connectivity index is 1.83. The number of amides is 1. The maximum Gasteiger partial charge on any atom is 0.271 e. The molecule has 21 heavy (non-hydrogen) atoms. The molecule has 0 heterocycles. The molecule has 1 aromatic carbocycles. The summed E-state index contributed by atoms with van der Waals surface area (Å²) in [4.78, 5) is 24.6. The van der Waals surface area contributed by atoms with E-state index in [4.69, 9.17) is 0 Å². The zero-order valence-corrected chi connectivity index (χ0v) is 12.6. The summed E-state index contributed by atoms with van der Waals surface area (Å²) < 4.78 is 0. The Hall–Kier alpha value is -1.97. The Morgan fingerprint density at radius 1 is 1.24 bits per heavy atom. The Bertz CT molecular complexity index is 633. The molecule has 2 unspecified atom stereocenters. The van der Waals surface area contributed by atoms with Crippen LogP contribution in [0.4, 0.5) is 0 Å². The van der Waals surface area contributed by atoms with Crippen LogP contribution in [0.25, 0.3) is 0 Å². The Morgan fingerprint density at radius 3 is 2.48 bits per heavy atom. The molecule has 2 atom stereocenters. The molecule has 0 aromatic heterocycles. The summed E-state index contributed by atoms with van der Waals surface area (Å²) in [5.41, 5.74) is 3.20. The summed E-state index contributed by atoms with van der Waals surface area (Å²) in [7, 11) is 0. The van der Waals surface area contributed by atoms with E-state index >= 15 is 0 Å². The highest BCUT2D eigenvalue weighted by atomic mass is 16.2. The van der Waals surface area contributed by atoms with E-state index in [0.29, 0.717) is 11.3 Å². The van der Waals surface area contributed by atoms with Gasteiger partial charge in [0.15, 0.2) is 5.78 Å². The predicted molar refractivity (Wildman–Crippen MR) is 81.0 cm³/mol. The number of hydrogen-bond donors (Lipinski definition) is 1. The van der Waals surface area contributed by atoms with E-state index in [-0.39, 0.29) is 28.4 Å². The number of rotatable bonds is 2. The maximum atomic E-state index is 12.6. The molecular weight excluding hydrogens is 264 g/mol. The molecule has 2 aliphatic rings. The number of ketones is 1. The van der Waals surface area contributed by atoms with Crippen molar-refractivity contribution in [2.24, 2.45) is 21.8 Å². The molecule has 2 aliphatic carbocycles. The summed E-state index contributed by atoms with van der Waals surface area (Å²) in [6.45, 7) is 6.28. The summed E-state index contributed by atoms with van der Waals surface area (Å²) in [6, 6.07) is 8.90. The van der Waals surface area contributed by atoms with Crippen molar-refractivity contribution in [2.75, 3.05) is 0 Å². The zero-order chi connectivity index (χ0) is 15.3. The van der Waals surface area contributed by atoms with Crippen molar-refractivity contribution in [1.82, 2.24) is 5.43 Å². The van der Waals surface area contributed by atoms with Gasteiger partial charge in [-0.05, 0) is 30.4 Å². The van der Waals surface area contributed by atoms with Crippen molar-refractivity contribution in [3.63, 3.8) is 0 Å². The average molecular weight is 284 g/mol. The molecule has 1 aromatic rings. The topological polar surface area (TPSA) is 58.5 Å². The molecule has 4 nitrogen and oxygen atoms in total. The lowest BCUT2D eigenvalue weighted by Crippen LogP contribution is -2.34. The van der Waals surface area contributed by atoms with Crippen LogP contribution in [-0.2, 0) is 4.79 Å². The van der Waals surface area contributed by atoms with Crippen molar-refractivity contribution in [3.8, 4) is 0 Å². The molecule has 1 amide bonds. The van der Waals surface area contributed by atoms with Gasteiger partial charge in [0.1, 0.15) is 5.71 Å². The predicted octanol–water partition coefficient (Wildman–Crippen LogP) is 2.80. The highest BCUT2D eigenvalue weighted by Gasteiger charge is 2.65. The quantitative estimate of drug-likeness (QED) is 0.849. The first-order valence-corrected chi connectivity index (χ1v) is 7.36. The number of nitrogens with one attached hydrogen (secondary N) is 1. The van der Waals surface area contributed by atoms with Gasteiger partial charge in [-0.15, -0.1) is 0 Å². The molecule has 0 spiro atoms. The molecule has 0 saturated heterocycles. The summed E-state index contributed by atoms with van der Waals surface area (Å²) in [5, 5.41) is 4.17. The van der Waals surface area contributed by atoms with Gasteiger partial charge in [-0.25, -0.2) is 5.43 Å². The third-order valence-corrected chi connectivity index (χ3v) is 5.60. The first kappa shape index (κ1) is 14.0. The summed E-state index contributed by atoms with van der Waals surface area (Å²) >= 11 is 0. The first-order valence-electron chi connectivity index (χ1n) is 7.36. The number of carbonyl (C=O) groups excluding carboxylic acids is 2. The fourth-order valence-corrected chi connectivity index (χ4v) is 3.72. The summed E-state index contributed by atoms with van der Waals surface area (Å²) in [5.74, 6) is -0.0372. The number of nitrogens with zero attached hydrogens (tertiary/aromatic N) is 1. The monoisotopic (exact) mass is 284 g/mol. The van der Waals surface area contributed by atoms with Crippen molar-refractivity contribution in [1.29, 1.82) is 0 Å². The molecule has 0 aliphatic heterocycles. The molecule has 0 radical (unpaired) electrons. The van der Waals surface area contributed by atoms with Gasteiger partial charge in [-0.1, -0.05) is 39.0 Å². The van der Waals surface area contributed by atoms with Crippen LogP contribution >= 0.6 is 0 Å². The molecular formula is C17H20N2O2. The van der Waals surface area contributed by atoms with Gasteiger partial charge in [-0.3, -0.25) is 9.59 Å². The SMILES string of the molecule is CC12CCC(C(=NNC(=O)c3ccccc3)C1=O)C2(C)C. The van der Waals surface area contributed by atoms with Crippen molar-refractivity contribution in [3.05, 3.63) is 35.9 Å². The van der Waals surface area contributed by atoms with Gasteiger partial charge in [-0.2, -0.15) is 5.10 Å². The van der Waals surface area contributed by atoms with Crippen molar-refractivity contribution in [2.45, 2.75) is 33.6 Å². The number of fused-ring (bicyclic) bond motifs is 2. The number of hydrazone groups is 1. The molecule has 4 heteroatoms.